The molecule has 0 heterocycles. The van der Waals surface area contributed by atoms with E-state index in [1.54, 1.807) is 14.0 Å². The molecule has 0 aromatic heterocycles. The summed E-state index contributed by atoms with van der Waals surface area (Å²) < 4.78 is 10.1. The Morgan fingerprint density at radius 2 is 1.73 bits per heavy atom. The van der Waals surface area contributed by atoms with E-state index in [1.165, 1.54) is 0 Å². The Bertz CT molecular complexity index is 612. The molecule has 116 valence electrons. The number of ether oxygens (including phenoxy) is 2. The summed E-state index contributed by atoms with van der Waals surface area (Å²) >= 11 is 0. The van der Waals surface area contributed by atoms with Gasteiger partial charge in [-0.2, -0.15) is 0 Å². The second kappa shape index (κ2) is 7.93. The van der Waals surface area contributed by atoms with E-state index in [-0.39, 0.29) is 0 Å². The molecule has 2 rings (SSSR count). The fraction of sp³-hybridized carbons (Fsp3) is 0.235. The van der Waals surface area contributed by atoms with Gasteiger partial charge in [0.05, 0.1) is 13.7 Å². The van der Waals surface area contributed by atoms with Crippen molar-refractivity contribution in [1.82, 2.24) is 0 Å². The first kappa shape index (κ1) is 15.7. The maximum atomic E-state index is 11.3. The molecule has 0 fully saturated rings. The average molecular weight is 300 g/mol. The summed E-state index contributed by atoms with van der Waals surface area (Å²) in [4.78, 5) is 11.3. The number of benzene rings is 2. The number of methoxy groups -OCH3 is 1. The molecule has 2 N–H and O–H groups in total. The van der Waals surface area contributed by atoms with Gasteiger partial charge in [0.25, 0.3) is 0 Å². The minimum absolute atomic E-state index is 0.352. The molecular weight excluding hydrogens is 280 g/mol. The topological polar surface area (TPSA) is 59.6 Å². The zero-order chi connectivity index (χ0) is 15.8. The minimum Gasteiger partial charge on any atom is -0.496 e. The van der Waals surface area contributed by atoms with E-state index in [0.717, 1.165) is 17.0 Å². The zero-order valence-electron chi connectivity index (χ0n) is 12.8. The highest BCUT2D eigenvalue weighted by atomic mass is 16.5. The second-order valence-corrected chi connectivity index (χ2v) is 4.59. The summed E-state index contributed by atoms with van der Waals surface area (Å²) in [5.41, 5.74) is 2.74. The highest BCUT2D eigenvalue weighted by Crippen LogP contribution is 2.20. The van der Waals surface area contributed by atoms with Crippen LogP contribution in [0.5, 0.6) is 5.75 Å². The Kier molecular flexibility index (Phi) is 5.65. The van der Waals surface area contributed by atoms with Crippen LogP contribution in [-0.2, 0) is 11.3 Å². The monoisotopic (exact) mass is 300 g/mol. The van der Waals surface area contributed by atoms with Crippen molar-refractivity contribution in [3.05, 3.63) is 54.1 Å². The van der Waals surface area contributed by atoms with E-state index in [0.29, 0.717) is 18.8 Å². The predicted molar refractivity (Wildman–Crippen MR) is 87.4 cm³/mol. The van der Waals surface area contributed by atoms with Crippen molar-refractivity contribution >= 4 is 17.5 Å². The average Bonchev–Trinajstić information content (AvgIpc) is 2.54. The van der Waals surface area contributed by atoms with Crippen molar-refractivity contribution in [2.45, 2.75) is 13.5 Å². The van der Waals surface area contributed by atoms with E-state index in [2.05, 4.69) is 10.6 Å². The summed E-state index contributed by atoms with van der Waals surface area (Å²) in [7, 11) is 1.66. The molecule has 0 unspecified atom stereocenters. The van der Waals surface area contributed by atoms with Crippen molar-refractivity contribution in [2.24, 2.45) is 0 Å². The first-order chi connectivity index (χ1) is 10.7. The molecular formula is C17H20N2O3. The highest BCUT2D eigenvalue weighted by Gasteiger charge is 2.03. The van der Waals surface area contributed by atoms with Crippen LogP contribution in [-0.4, -0.2) is 19.8 Å². The lowest BCUT2D eigenvalue weighted by Crippen LogP contribution is -2.13. The Balaban J connectivity index is 1.92. The van der Waals surface area contributed by atoms with Crippen LogP contribution in [0.15, 0.2) is 48.5 Å². The van der Waals surface area contributed by atoms with Crippen LogP contribution in [0.1, 0.15) is 12.5 Å². The van der Waals surface area contributed by atoms with Gasteiger partial charge in [-0.05, 0) is 37.3 Å². The molecule has 1 amide bonds. The molecule has 0 radical (unpaired) electrons. The fourth-order valence-electron chi connectivity index (χ4n) is 2.00. The number of amides is 1. The highest BCUT2D eigenvalue weighted by molar-refractivity contribution is 5.84. The number of hydrogen-bond donors (Lipinski definition) is 2. The third-order valence-electron chi connectivity index (χ3n) is 3.08. The van der Waals surface area contributed by atoms with E-state index in [4.69, 9.17) is 9.47 Å². The fourth-order valence-corrected chi connectivity index (χ4v) is 2.00. The van der Waals surface area contributed by atoms with Crippen LogP contribution in [0.25, 0.3) is 0 Å². The van der Waals surface area contributed by atoms with Gasteiger partial charge in [-0.3, -0.25) is 5.32 Å². The van der Waals surface area contributed by atoms with Crippen molar-refractivity contribution in [2.75, 3.05) is 24.4 Å². The molecule has 0 saturated heterocycles. The van der Waals surface area contributed by atoms with Gasteiger partial charge in [0, 0.05) is 23.5 Å². The molecule has 2 aromatic carbocycles. The van der Waals surface area contributed by atoms with Gasteiger partial charge in [0.15, 0.2) is 0 Å². The first-order valence-electron chi connectivity index (χ1n) is 7.12. The van der Waals surface area contributed by atoms with Crippen molar-refractivity contribution in [3.8, 4) is 5.75 Å². The van der Waals surface area contributed by atoms with Crippen LogP contribution in [0.2, 0.25) is 0 Å². The normalized spacial score (nSPS) is 9.91. The number of rotatable bonds is 6. The summed E-state index contributed by atoms with van der Waals surface area (Å²) in [5, 5.41) is 5.97. The van der Waals surface area contributed by atoms with Gasteiger partial charge in [-0.25, -0.2) is 4.79 Å². The van der Waals surface area contributed by atoms with Gasteiger partial charge < -0.3 is 14.8 Å². The van der Waals surface area contributed by atoms with Gasteiger partial charge in [-0.1, -0.05) is 18.2 Å². The lowest BCUT2D eigenvalue weighted by Gasteiger charge is -2.11. The largest absolute Gasteiger partial charge is 0.496 e. The number of para-hydroxylation sites is 1. The Morgan fingerprint density at radius 1 is 1.05 bits per heavy atom. The van der Waals surface area contributed by atoms with Gasteiger partial charge in [-0.15, -0.1) is 0 Å². The van der Waals surface area contributed by atoms with Crippen molar-refractivity contribution in [3.63, 3.8) is 0 Å². The Hall–Kier alpha value is -2.69. The smallest absolute Gasteiger partial charge is 0.411 e. The maximum Gasteiger partial charge on any atom is 0.411 e. The van der Waals surface area contributed by atoms with Crippen molar-refractivity contribution in [1.29, 1.82) is 0 Å². The molecule has 0 atom stereocenters. The SMILES string of the molecule is CCOC(=O)Nc1ccc(NCc2ccccc2OC)cc1. The molecule has 2 aromatic rings. The lowest BCUT2D eigenvalue weighted by molar-refractivity contribution is 0.168. The molecule has 5 heteroatoms. The number of nitrogens with one attached hydrogen (secondary N) is 2. The second-order valence-electron chi connectivity index (χ2n) is 4.59. The van der Waals surface area contributed by atoms with E-state index in [9.17, 15) is 4.79 Å². The number of anilines is 2. The number of carbonyl (C=O) groups excluding carboxylic acids is 1. The third kappa shape index (κ3) is 4.41. The molecule has 0 spiro atoms. The van der Waals surface area contributed by atoms with Crippen LogP contribution < -0.4 is 15.4 Å². The molecule has 0 aliphatic carbocycles. The quantitative estimate of drug-likeness (QED) is 0.850. The van der Waals surface area contributed by atoms with Gasteiger partial charge >= 0.3 is 6.09 Å². The van der Waals surface area contributed by atoms with E-state index >= 15 is 0 Å². The molecule has 0 aliphatic rings. The van der Waals surface area contributed by atoms with E-state index < -0.39 is 6.09 Å². The maximum absolute atomic E-state index is 11.3. The molecule has 5 nitrogen and oxygen atoms in total. The molecule has 0 aliphatic heterocycles. The van der Waals surface area contributed by atoms with Crippen molar-refractivity contribution < 1.29 is 14.3 Å². The summed E-state index contributed by atoms with van der Waals surface area (Å²) in [6, 6.07) is 15.3. The number of hydrogen-bond acceptors (Lipinski definition) is 4. The molecule has 0 bridgehead atoms. The summed E-state index contributed by atoms with van der Waals surface area (Å²) in [6.07, 6.45) is -0.447. The van der Waals surface area contributed by atoms with Crippen LogP contribution in [0.4, 0.5) is 16.2 Å². The minimum atomic E-state index is -0.447. The molecule has 22 heavy (non-hydrogen) atoms. The van der Waals surface area contributed by atoms with Crippen LogP contribution >= 0.6 is 0 Å². The standard InChI is InChI=1S/C17H20N2O3/c1-3-22-17(20)19-15-10-8-14(9-11-15)18-12-13-6-4-5-7-16(13)21-2/h4-11,18H,3,12H2,1-2H3,(H,19,20). The summed E-state index contributed by atoms with van der Waals surface area (Å²) in [5.74, 6) is 0.857. The number of carbonyl (C=O) groups is 1. The Labute approximate surface area is 130 Å². The lowest BCUT2D eigenvalue weighted by atomic mass is 10.2. The van der Waals surface area contributed by atoms with Crippen LogP contribution in [0, 0.1) is 0 Å². The van der Waals surface area contributed by atoms with E-state index in [1.807, 2.05) is 48.5 Å². The predicted octanol–water partition coefficient (Wildman–Crippen LogP) is 3.88. The Morgan fingerprint density at radius 3 is 2.41 bits per heavy atom. The van der Waals surface area contributed by atoms with Gasteiger partial charge in [0.1, 0.15) is 5.75 Å². The zero-order valence-corrected chi connectivity index (χ0v) is 12.8. The molecule has 0 saturated carbocycles. The summed E-state index contributed by atoms with van der Waals surface area (Å²) in [6.45, 7) is 2.78. The van der Waals surface area contributed by atoms with Crippen LogP contribution in [0.3, 0.4) is 0 Å². The first-order valence-corrected chi connectivity index (χ1v) is 7.12. The van der Waals surface area contributed by atoms with Gasteiger partial charge in [0.2, 0.25) is 0 Å². The third-order valence-corrected chi connectivity index (χ3v) is 3.08.